The molecule has 1 atom stereocenters. The van der Waals surface area contributed by atoms with Crippen LogP contribution in [0.3, 0.4) is 0 Å². The molecule has 2 heterocycles. The molecule has 7 nitrogen and oxygen atoms in total. The van der Waals surface area contributed by atoms with Crippen molar-refractivity contribution in [3.8, 4) is 0 Å². The van der Waals surface area contributed by atoms with Gasteiger partial charge in [0.15, 0.2) is 0 Å². The van der Waals surface area contributed by atoms with Gasteiger partial charge in [-0.05, 0) is 25.2 Å². The predicted octanol–water partition coefficient (Wildman–Crippen LogP) is -0.773. The summed E-state index contributed by atoms with van der Waals surface area (Å²) >= 11 is 0. The van der Waals surface area contributed by atoms with E-state index in [-0.39, 0.29) is 18.9 Å². The lowest BCUT2D eigenvalue weighted by Gasteiger charge is -2.32. The van der Waals surface area contributed by atoms with Crippen molar-refractivity contribution < 1.29 is 9.90 Å². The molecule has 0 aliphatic carbocycles. The summed E-state index contributed by atoms with van der Waals surface area (Å²) in [6.45, 7) is 1.45. The van der Waals surface area contributed by atoms with Crippen molar-refractivity contribution >= 4 is 5.91 Å². The summed E-state index contributed by atoms with van der Waals surface area (Å²) in [7, 11) is 0. The Kier molecular flexibility index (Phi) is 4.73. The second kappa shape index (κ2) is 6.51. The van der Waals surface area contributed by atoms with Crippen LogP contribution in [0.5, 0.6) is 0 Å². The Bertz CT molecular complexity index is 547. The van der Waals surface area contributed by atoms with Gasteiger partial charge in [0.1, 0.15) is 0 Å². The standard InChI is InChI=1S/C13H19N3O4/c17-5-3-9-2-1-4-16(8-9)12(19)7-10-6-11(18)15-13(20)14-10/h6,9,17H,1-5,7-8H2,(H2,14,15,18,20). The molecule has 0 radical (unpaired) electrons. The molecule has 0 bridgehead atoms. The van der Waals surface area contributed by atoms with Crippen molar-refractivity contribution in [3.05, 3.63) is 32.6 Å². The monoisotopic (exact) mass is 281 g/mol. The molecule has 1 aliphatic rings. The van der Waals surface area contributed by atoms with Gasteiger partial charge in [-0.3, -0.25) is 14.6 Å². The third kappa shape index (κ3) is 3.80. The Hall–Kier alpha value is -1.89. The highest BCUT2D eigenvalue weighted by molar-refractivity contribution is 5.78. The highest BCUT2D eigenvalue weighted by atomic mass is 16.3. The number of nitrogens with zero attached hydrogens (tertiary/aromatic N) is 1. The van der Waals surface area contributed by atoms with Gasteiger partial charge in [0.2, 0.25) is 5.91 Å². The van der Waals surface area contributed by atoms with Crippen LogP contribution in [0.25, 0.3) is 0 Å². The minimum atomic E-state index is -0.600. The molecule has 0 spiro atoms. The third-order valence-electron chi connectivity index (χ3n) is 3.57. The minimum absolute atomic E-state index is 0.0189. The average molecular weight is 281 g/mol. The topological polar surface area (TPSA) is 106 Å². The molecule has 20 heavy (non-hydrogen) atoms. The number of likely N-dealkylation sites (tertiary alicyclic amines) is 1. The van der Waals surface area contributed by atoms with Gasteiger partial charge in [0, 0.05) is 31.5 Å². The van der Waals surface area contributed by atoms with Crippen LogP contribution in [0.4, 0.5) is 0 Å². The molecular formula is C13H19N3O4. The Morgan fingerprint density at radius 2 is 2.20 bits per heavy atom. The van der Waals surface area contributed by atoms with Crippen molar-refractivity contribution in [1.29, 1.82) is 0 Å². The molecule has 1 amide bonds. The molecule has 3 N–H and O–H groups in total. The van der Waals surface area contributed by atoms with Crippen molar-refractivity contribution in [2.75, 3.05) is 19.7 Å². The van der Waals surface area contributed by atoms with Gasteiger partial charge in [-0.15, -0.1) is 0 Å². The van der Waals surface area contributed by atoms with E-state index >= 15 is 0 Å². The molecule has 0 aromatic carbocycles. The van der Waals surface area contributed by atoms with E-state index in [1.807, 2.05) is 0 Å². The van der Waals surface area contributed by atoms with Crippen molar-refractivity contribution in [1.82, 2.24) is 14.9 Å². The second-order valence-electron chi connectivity index (χ2n) is 5.15. The fourth-order valence-electron chi connectivity index (χ4n) is 2.60. The summed E-state index contributed by atoms with van der Waals surface area (Å²) in [6, 6.07) is 1.23. The van der Waals surface area contributed by atoms with Gasteiger partial charge in [0.05, 0.1) is 6.42 Å². The number of nitrogens with one attached hydrogen (secondary N) is 2. The second-order valence-corrected chi connectivity index (χ2v) is 5.15. The molecule has 1 aliphatic heterocycles. The number of rotatable bonds is 4. The average Bonchev–Trinajstić information content (AvgIpc) is 2.38. The minimum Gasteiger partial charge on any atom is -0.396 e. The molecule has 0 saturated carbocycles. The maximum Gasteiger partial charge on any atom is 0.325 e. The van der Waals surface area contributed by atoms with Gasteiger partial charge in [-0.25, -0.2) is 4.79 Å². The zero-order valence-corrected chi connectivity index (χ0v) is 11.2. The molecular weight excluding hydrogens is 262 g/mol. The van der Waals surface area contributed by atoms with Crippen LogP contribution in [-0.2, 0) is 11.2 Å². The summed E-state index contributed by atoms with van der Waals surface area (Å²) in [5, 5.41) is 8.96. The van der Waals surface area contributed by atoms with E-state index in [4.69, 9.17) is 5.11 Å². The molecule has 1 aromatic rings. The van der Waals surface area contributed by atoms with E-state index < -0.39 is 11.2 Å². The van der Waals surface area contributed by atoms with Gasteiger partial charge in [0.25, 0.3) is 5.56 Å². The molecule has 1 aromatic heterocycles. The molecule has 1 fully saturated rings. The number of carbonyl (C=O) groups is 1. The number of carbonyl (C=O) groups excluding carboxylic acids is 1. The van der Waals surface area contributed by atoms with Crippen LogP contribution >= 0.6 is 0 Å². The van der Waals surface area contributed by atoms with Gasteiger partial charge in [-0.1, -0.05) is 0 Å². The highest BCUT2D eigenvalue weighted by Gasteiger charge is 2.23. The Morgan fingerprint density at radius 3 is 2.90 bits per heavy atom. The lowest BCUT2D eigenvalue weighted by Crippen LogP contribution is -2.41. The third-order valence-corrected chi connectivity index (χ3v) is 3.57. The quantitative estimate of drug-likeness (QED) is 0.673. The first-order valence-corrected chi connectivity index (χ1v) is 6.79. The van der Waals surface area contributed by atoms with E-state index in [9.17, 15) is 14.4 Å². The maximum atomic E-state index is 12.2. The SMILES string of the molecule is O=C(Cc1cc(=O)[nH]c(=O)[nH]1)N1CCCC(CCO)C1. The van der Waals surface area contributed by atoms with Crippen LogP contribution in [0.2, 0.25) is 0 Å². The van der Waals surface area contributed by atoms with E-state index in [0.29, 0.717) is 31.1 Å². The smallest absolute Gasteiger partial charge is 0.325 e. The van der Waals surface area contributed by atoms with Gasteiger partial charge in [-0.2, -0.15) is 0 Å². The lowest BCUT2D eigenvalue weighted by molar-refractivity contribution is -0.132. The molecule has 7 heteroatoms. The summed E-state index contributed by atoms with van der Waals surface area (Å²) in [5.41, 5.74) is -0.779. The zero-order chi connectivity index (χ0) is 14.5. The normalized spacial score (nSPS) is 19.1. The summed E-state index contributed by atoms with van der Waals surface area (Å²) in [4.78, 5) is 40.8. The van der Waals surface area contributed by atoms with Crippen LogP contribution in [0.1, 0.15) is 25.0 Å². The number of aliphatic hydroxyl groups is 1. The molecule has 110 valence electrons. The fraction of sp³-hybridized carbons (Fsp3) is 0.615. The van der Waals surface area contributed by atoms with E-state index in [1.165, 1.54) is 6.07 Å². The number of aliphatic hydroxyl groups excluding tert-OH is 1. The number of H-pyrrole nitrogens is 2. The molecule has 1 saturated heterocycles. The van der Waals surface area contributed by atoms with Crippen LogP contribution < -0.4 is 11.2 Å². The number of aromatic nitrogens is 2. The van der Waals surface area contributed by atoms with Crippen molar-refractivity contribution in [2.24, 2.45) is 5.92 Å². The van der Waals surface area contributed by atoms with Crippen LogP contribution in [0.15, 0.2) is 15.7 Å². The van der Waals surface area contributed by atoms with Gasteiger partial charge >= 0.3 is 5.69 Å². The maximum absolute atomic E-state index is 12.2. The Morgan fingerprint density at radius 1 is 1.40 bits per heavy atom. The van der Waals surface area contributed by atoms with E-state index in [2.05, 4.69) is 9.97 Å². The van der Waals surface area contributed by atoms with Crippen molar-refractivity contribution in [2.45, 2.75) is 25.7 Å². The van der Waals surface area contributed by atoms with Gasteiger partial charge < -0.3 is 15.0 Å². The number of amides is 1. The first-order chi connectivity index (χ1) is 9.58. The summed E-state index contributed by atoms with van der Waals surface area (Å²) in [5.74, 6) is 0.227. The summed E-state index contributed by atoms with van der Waals surface area (Å²) in [6.07, 6.45) is 2.66. The summed E-state index contributed by atoms with van der Waals surface area (Å²) < 4.78 is 0. The molecule has 2 rings (SSSR count). The predicted molar refractivity (Wildman–Crippen MR) is 72.4 cm³/mol. The first-order valence-electron chi connectivity index (χ1n) is 6.79. The molecule has 1 unspecified atom stereocenters. The van der Waals surface area contributed by atoms with Crippen molar-refractivity contribution in [3.63, 3.8) is 0 Å². The first kappa shape index (κ1) is 14.5. The number of aromatic amines is 2. The van der Waals surface area contributed by atoms with E-state index in [1.54, 1.807) is 4.90 Å². The zero-order valence-electron chi connectivity index (χ0n) is 11.2. The Balaban J connectivity index is 2.00. The number of hydrogen-bond donors (Lipinski definition) is 3. The number of piperidine rings is 1. The fourth-order valence-corrected chi connectivity index (χ4v) is 2.60. The van der Waals surface area contributed by atoms with Crippen LogP contribution in [-0.4, -0.2) is 45.6 Å². The van der Waals surface area contributed by atoms with Crippen LogP contribution in [0, 0.1) is 5.92 Å². The highest BCUT2D eigenvalue weighted by Crippen LogP contribution is 2.19. The Labute approximate surface area is 115 Å². The largest absolute Gasteiger partial charge is 0.396 e. The lowest BCUT2D eigenvalue weighted by atomic mass is 9.95. The number of hydrogen-bond acceptors (Lipinski definition) is 4. The van der Waals surface area contributed by atoms with E-state index in [0.717, 1.165) is 12.8 Å².